The number of rotatable bonds is 0. The molecule has 0 N–H and O–H groups in total. The van der Waals surface area contributed by atoms with Crippen LogP contribution < -0.4 is 0 Å². The highest BCUT2D eigenvalue weighted by atomic mass is 16.5. The van der Waals surface area contributed by atoms with E-state index in [4.69, 9.17) is 4.74 Å². The molecule has 1 nitrogen and oxygen atoms in total. The van der Waals surface area contributed by atoms with E-state index >= 15 is 0 Å². The van der Waals surface area contributed by atoms with Gasteiger partial charge in [-0.15, -0.1) is 0 Å². The Morgan fingerprint density at radius 3 is 2.58 bits per heavy atom. The van der Waals surface area contributed by atoms with Crippen LogP contribution in [0.1, 0.15) is 38.5 Å². The lowest BCUT2D eigenvalue weighted by molar-refractivity contribution is -0.0518. The predicted molar refractivity (Wildman–Crippen MR) is 47.9 cm³/mol. The first-order chi connectivity index (χ1) is 5.93. The highest BCUT2D eigenvalue weighted by Gasteiger charge is 2.41. The van der Waals surface area contributed by atoms with Crippen LogP contribution in [0.15, 0.2) is 0 Å². The van der Waals surface area contributed by atoms with Crippen molar-refractivity contribution in [3.8, 4) is 0 Å². The Kier molecular flexibility index (Phi) is 1.68. The Morgan fingerprint density at radius 1 is 0.833 bits per heavy atom. The molecule has 4 unspecified atom stereocenters. The van der Waals surface area contributed by atoms with Crippen LogP contribution in [-0.2, 0) is 4.74 Å². The third-order valence-corrected chi connectivity index (χ3v) is 4.09. The van der Waals surface area contributed by atoms with Crippen LogP contribution in [0.4, 0.5) is 0 Å². The Labute approximate surface area is 74.5 Å². The molecule has 1 saturated heterocycles. The van der Waals surface area contributed by atoms with Gasteiger partial charge in [-0.05, 0) is 43.4 Å². The second-order valence-corrected chi connectivity index (χ2v) is 4.90. The van der Waals surface area contributed by atoms with Crippen molar-refractivity contribution in [3.05, 3.63) is 0 Å². The molecule has 0 aromatic heterocycles. The second-order valence-electron chi connectivity index (χ2n) is 4.90. The highest BCUT2D eigenvalue weighted by molar-refractivity contribution is 4.90. The summed E-state index contributed by atoms with van der Waals surface area (Å²) in [5.41, 5.74) is 0. The summed E-state index contributed by atoms with van der Waals surface area (Å²) in [5.74, 6) is 2.97. The van der Waals surface area contributed by atoms with Crippen LogP contribution in [0.2, 0.25) is 0 Å². The minimum atomic E-state index is 0.671. The van der Waals surface area contributed by atoms with Gasteiger partial charge in [-0.1, -0.05) is 12.8 Å². The molecule has 0 spiro atoms. The van der Waals surface area contributed by atoms with Gasteiger partial charge in [0, 0.05) is 0 Å². The van der Waals surface area contributed by atoms with E-state index in [2.05, 4.69) is 0 Å². The summed E-state index contributed by atoms with van der Waals surface area (Å²) in [5, 5.41) is 0. The van der Waals surface area contributed by atoms with E-state index < -0.39 is 0 Å². The molecular formula is C11H18O. The smallest absolute Gasteiger partial charge is 0.0603 e. The maximum absolute atomic E-state index is 5.92. The molecule has 2 aliphatic carbocycles. The van der Waals surface area contributed by atoms with Crippen molar-refractivity contribution in [2.45, 2.75) is 44.6 Å². The first-order valence-corrected chi connectivity index (χ1v) is 5.55. The highest BCUT2D eigenvalue weighted by Crippen LogP contribution is 2.46. The Morgan fingerprint density at radius 2 is 1.75 bits per heavy atom. The maximum atomic E-state index is 5.92. The zero-order valence-electron chi connectivity index (χ0n) is 7.67. The molecule has 3 fully saturated rings. The number of ether oxygens (including phenoxy) is 1. The molecule has 3 rings (SSSR count). The second kappa shape index (κ2) is 2.73. The van der Waals surface area contributed by atoms with E-state index in [1.807, 2.05) is 0 Å². The monoisotopic (exact) mass is 166 g/mol. The molecule has 3 aliphatic rings. The maximum Gasteiger partial charge on any atom is 0.0603 e. The molecule has 68 valence electrons. The van der Waals surface area contributed by atoms with Crippen LogP contribution in [-0.4, -0.2) is 12.7 Å². The number of fused-ring (bicyclic) bond motifs is 2. The lowest BCUT2D eigenvalue weighted by Crippen LogP contribution is -2.34. The van der Waals surface area contributed by atoms with E-state index in [0.29, 0.717) is 6.10 Å². The van der Waals surface area contributed by atoms with Gasteiger partial charge >= 0.3 is 0 Å². The number of hydrogen-bond acceptors (Lipinski definition) is 1. The van der Waals surface area contributed by atoms with Crippen LogP contribution in [0.3, 0.4) is 0 Å². The van der Waals surface area contributed by atoms with Crippen LogP contribution in [0.5, 0.6) is 0 Å². The van der Waals surface area contributed by atoms with E-state index in [1.54, 1.807) is 0 Å². The van der Waals surface area contributed by atoms with Crippen molar-refractivity contribution >= 4 is 0 Å². The summed E-state index contributed by atoms with van der Waals surface area (Å²) in [6.07, 6.45) is 9.36. The zero-order valence-corrected chi connectivity index (χ0v) is 7.67. The molecule has 1 heterocycles. The van der Waals surface area contributed by atoms with Crippen LogP contribution >= 0.6 is 0 Å². The van der Waals surface area contributed by atoms with Gasteiger partial charge in [0.05, 0.1) is 12.7 Å². The van der Waals surface area contributed by atoms with Gasteiger partial charge in [0.1, 0.15) is 0 Å². The SMILES string of the molecule is C1CC2CC2COC2CCC2C1. The topological polar surface area (TPSA) is 9.23 Å². The van der Waals surface area contributed by atoms with Crippen molar-refractivity contribution in [2.24, 2.45) is 17.8 Å². The van der Waals surface area contributed by atoms with E-state index in [0.717, 1.165) is 24.4 Å². The average molecular weight is 166 g/mol. The minimum Gasteiger partial charge on any atom is -0.378 e. The zero-order chi connectivity index (χ0) is 7.97. The molecule has 0 bridgehead atoms. The lowest BCUT2D eigenvalue weighted by atomic mass is 9.78. The third-order valence-electron chi connectivity index (χ3n) is 4.09. The van der Waals surface area contributed by atoms with Gasteiger partial charge in [-0.2, -0.15) is 0 Å². The molecule has 2 saturated carbocycles. The summed E-state index contributed by atoms with van der Waals surface area (Å²) < 4.78 is 5.92. The summed E-state index contributed by atoms with van der Waals surface area (Å²) in [7, 11) is 0. The Bertz CT molecular complexity index is 178. The van der Waals surface area contributed by atoms with Gasteiger partial charge in [-0.3, -0.25) is 0 Å². The predicted octanol–water partition coefficient (Wildman–Crippen LogP) is 2.60. The fraction of sp³-hybridized carbons (Fsp3) is 1.00. The van der Waals surface area contributed by atoms with Crippen molar-refractivity contribution in [3.63, 3.8) is 0 Å². The molecule has 0 aromatic carbocycles. The summed E-state index contributed by atoms with van der Waals surface area (Å²) in [6.45, 7) is 1.09. The van der Waals surface area contributed by atoms with E-state index in [9.17, 15) is 0 Å². The fourth-order valence-corrected chi connectivity index (χ4v) is 2.85. The summed E-state index contributed by atoms with van der Waals surface area (Å²) >= 11 is 0. The van der Waals surface area contributed by atoms with Crippen LogP contribution in [0, 0.1) is 17.8 Å². The summed E-state index contributed by atoms with van der Waals surface area (Å²) in [4.78, 5) is 0. The molecular weight excluding hydrogens is 148 g/mol. The fourth-order valence-electron chi connectivity index (χ4n) is 2.85. The summed E-state index contributed by atoms with van der Waals surface area (Å²) in [6, 6.07) is 0. The Balaban J connectivity index is 1.61. The first kappa shape index (κ1) is 7.37. The molecule has 0 aromatic rings. The van der Waals surface area contributed by atoms with Crippen molar-refractivity contribution in [1.29, 1.82) is 0 Å². The molecule has 1 aliphatic heterocycles. The van der Waals surface area contributed by atoms with Gasteiger partial charge < -0.3 is 4.74 Å². The van der Waals surface area contributed by atoms with Crippen molar-refractivity contribution < 1.29 is 4.74 Å². The number of hydrogen-bond donors (Lipinski definition) is 0. The molecule has 0 amide bonds. The minimum absolute atomic E-state index is 0.671. The normalized spacial score (nSPS) is 52.0. The van der Waals surface area contributed by atoms with Crippen molar-refractivity contribution in [2.75, 3.05) is 6.61 Å². The van der Waals surface area contributed by atoms with E-state index in [1.165, 1.54) is 38.5 Å². The standard InChI is InChI=1S/C11H18O/c1-2-8-4-5-11(8)12-7-10-6-9(10)3-1/h8-11H,1-7H2. The van der Waals surface area contributed by atoms with Crippen molar-refractivity contribution in [1.82, 2.24) is 0 Å². The average Bonchev–Trinajstić information content (AvgIpc) is 2.74. The van der Waals surface area contributed by atoms with Gasteiger partial charge in [0.15, 0.2) is 0 Å². The Hall–Kier alpha value is -0.0400. The van der Waals surface area contributed by atoms with E-state index in [-0.39, 0.29) is 0 Å². The molecule has 1 heteroatoms. The quantitative estimate of drug-likeness (QED) is 0.537. The molecule has 12 heavy (non-hydrogen) atoms. The van der Waals surface area contributed by atoms with Gasteiger partial charge in [0.2, 0.25) is 0 Å². The molecule has 0 radical (unpaired) electrons. The van der Waals surface area contributed by atoms with Gasteiger partial charge in [-0.25, -0.2) is 0 Å². The first-order valence-electron chi connectivity index (χ1n) is 5.55. The van der Waals surface area contributed by atoms with Gasteiger partial charge in [0.25, 0.3) is 0 Å². The third kappa shape index (κ3) is 1.19. The largest absolute Gasteiger partial charge is 0.378 e. The lowest BCUT2D eigenvalue weighted by Gasteiger charge is -2.36. The van der Waals surface area contributed by atoms with Crippen LogP contribution in [0.25, 0.3) is 0 Å². The molecule has 4 atom stereocenters.